The summed E-state index contributed by atoms with van der Waals surface area (Å²) in [6.07, 6.45) is 4.73. The van der Waals surface area contributed by atoms with Gasteiger partial charge in [0.15, 0.2) is 0 Å². The first kappa shape index (κ1) is 9.03. The van der Waals surface area contributed by atoms with Gasteiger partial charge in [-0.25, -0.2) is 0 Å². The molecule has 1 atom stereocenters. The number of rotatable bonds is 2. The lowest BCUT2D eigenvalue weighted by Crippen LogP contribution is -2.22. The third-order valence-corrected chi connectivity index (χ3v) is 1.76. The second kappa shape index (κ2) is 3.56. The number of hydrogen-bond acceptors (Lipinski definition) is 3. The number of allylic oxidation sites excluding steroid dienone is 3. The van der Waals surface area contributed by atoms with E-state index >= 15 is 0 Å². The fourth-order valence-electron chi connectivity index (χ4n) is 1.06. The number of aliphatic carboxylic acids is 1. The Hall–Kier alpha value is -1.07. The molecule has 0 radical (unpaired) electrons. The Labute approximate surface area is 70.0 Å². The van der Waals surface area contributed by atoms with Gasteiger partial charge < -0.3 is 15.2 Å². The second-order valence-electron chi connectivity index (χ2n) is 2.65. The molecule has 0 saturated heterocycles. The lowest BCUT2D eigenvalue weighted by Gasteiger charge is -2.13. The van der Waals surface area contributed by atoms with Crippen LogP contribution in [0.15, 0.2) is 23.7 Å². The van der Waals surface area contributed by atoms with Crippen molar-refractivity contribution in [2.45, 2.75) is 6.42 Å². The van der Waals surface area contributed by atoms with Crippen molar-refractivity contribution < 1.29 is 19.9 Å². The largest absolute Gasteiger partial charge is 0.484 e. The van der Waals surface area contributed by atoms with E-state index in [0.717, 1.165) is 0 Å². The third-order valence-electron chi connectivity index (χ3n) is 1.76. The lowest BCUT2D eigenvalue weighted by atomic mass is 9.72. The average molecular weight is 168 g/mol. The number of carbonyl (C=O) groups is 1. The number of carboxylic acids is 1. The van der Waals surface area contributed by atoms with E-state index in [1.807, 2.05) is 0 Å². The zero-order valence-corrected chi connectivity index (χ0v) is 6.34. The summed E-state index contributed by atoms with van der Waals surface area (Å²) in [5, 5.41) is 26.1. The molecule has 5 heteroatoms. The normalized spacial score (nSPS) is 21.8. The quantitative estimate of drug-likeness (QED) is 0.489. The molecule has 0 heterocycles. The summed E-state index contributed by atoms with van der Waals surface area (Å²) in [6.45, 7) is 0. The van der Waals surface area contributed by atoms with Crippen molar-refractivity contribution in [3.05, 3.63) is 23.7 Å². The average Bonchev–Trinajstić information content (AvgIpc) is 2.04. The molecule has 0 fully saturated rings. The van der Waals surface area contributed by atoms with Gasteiger partial charge in [-0.1, -0.05) is 18.2 Å². The van der Waals surface area contributed by atoms with Crippen LogP contribution in [0, 0.1) is 5.92 Å². The summed E-state index contributed by atoms with van der Waals surface area (Å²) in [5.74, 6) is -1.58. The molecule has 3 N–H and O–H groups in total. The highest BCUT2D eigenvalue weighted by Crippen LogP contribution is 2.19. The zero-order chi connectivity index (χ0) is 9.14. The maximum absolute atomic E-state index is 10.5. The zero-order valence-electron chi connectivity index (χ0n) is 6.34. The summed E-state index contributed by atoms with van der Waals surface area (Å²) in [6, 6.07) is 0. The van der Waals surface area contributed by atoms with Crippen molar-refractivity contribution in [2.75, 3.05) is 0 Å². The Kier molecular flexibility index (Phi) is 2.67. The molecule has 12 heavy (non-hydrogen) atoms. The van der Waals surface area contributed by atoms with Gasteiger partial charge in [-0.05, 0) is 11.9 Å². The van der Waals surface area contributed by atoms with Crippen molar-refractivity contribution in [3.63, 3.8) is 0 Å². The first-order valence-electron chi connectivity index (χ1n) is 3.57. The lowest BCUT2D eigenvalue weighted by molar-refractivity contribution is -0.140. The van der Waals surface area contributed by atoms with E-state index in [1.165, 1.54) is 18.2 Å². The van der Waals surface area contributed by atoms with Gasteiger partial charge in [0.05, 0.1) is 5.92 Å². The molecular formula is C7H9BO4. The van der Waals surface area contributed by atoms with Crippen LogP contribution in [-0.2, 0) is 4.79 Å². The monoisotopic (exact) mass is 168 g/mol. The predicted octanol–water partition coefficient (Wildman–Crippen LogP) is -0.414. The van der Waals surface area contributed by atoms with Crippen LogP contribution in [0.3, 0.4) is 0 Å². The maximum atomic E-state index is 10.5. The van der Waals surface area contributed by atoms with Crippen LogP contribution in [0.4, 0.5) is 0 Å². The summed E-state index contributed by atoms with van der Waals surface area (Å²) in [7, 11) is -1.54. The van der Waals surface area contributed by atoms with Crippen LogP contribution in [-0.4, -0.2) is 28.2 Å². The summed E-state index contributed by atoms with van der Waals surface area (Å²) in [4.78, 5) is 10.5. The standard InChI is InChI=1S/C7H9BO4/c9-7(10)5-2-1-3-6(4-5)8(11)12/h1-3,5,11-12H,4H2,(H,9,10). The van der Waals surface area contributed by atoms with Gasteiger partial charge in [-0.2, -0.15) is 0 Å². The molecule has 0 aromatic carbocycles. The Balaban J connectivity index is 2.67. The first-order chi connectivity index (χ1) is 5.61. The highest BCUT2D eigenvalue weighted by Gasteiger charge is 2.24. The minimum atomic E-state index is -1.54. The fourth-order valence-corrected chi connectivity index (χ4v) is 1.06. The minimum absolute atomic E-state index is 0.170. The number of carboxylic acid groups (broad SMARTS) is 1. The third kappa shape index (κ3) is 1.96. The van der Waals surface area contributed by atoms with Crippen molar-refractivity contribution in [1.82, 2.24) is 0 Å². The molecule has 1 aliphatic carbocycles. The van der Waals surface area contributed by atoms with Gasteiger partial charge in [0.25, 0.3) is 0 Å². The topological polar surface area (TPSA) is 77.8 Å². The molecule has 0 aromatic heterocycles. The van der Waals surface area contributed by atoms with Gasteiger partial charge in [0.2, 0.25) is 0 Å². The van der Waals surface area contributed by atoms with E-state index in [2.05, 4.69) is 0 Å². The molecule has 0 aromatic rings. The van der Waals surface area contributed by atoms with E-state index in [4.69, 9.17) is 15.2 Å². The first-order valence-corrected chi connectivity index (χ1v) is 3.57. The SMILES string of the molecule is O=C(O)C1C=CC=C(B(O)O)C1. The highest BCUT2D eigenvalue weighted by atomic mass is 16.4. The molecule has 1 aliphatic rings. The van der Waals surface area contributed by atoms with Crippen molar-refractivity contribution in [3.8, 4) is 0 Å². The van der Waals surface area contributed by atoms with E-state index in [9.17, 15) is 4.79 Å². The second-order valence-corrected chi connectivity index (χ2v) is 2.65. The van der Waals surface area contributed by atoms with Gasteiger partial charge in [0.1, 0.15) is 0 Å². The van der Waals surface area contributed by atoms with E-state index in [0.29, 0.717) is 5.47 Å². The van der Waals surface area contributed by atoms with Crippen LogP contribution in [0.2, 0.25) is 0 Å². The van der Waals surface area contributed by atoms with E-state index in [1.54, 1.807) is 0 Å². The van der Waals surface area contributed by atoms with Crippen LogP contribution < -0.4 is 0 Å². The summed E-state index contributed by atoms with van der Waals surface area (Å²) < 4.78 is 0. The molecule has 0 spiro atoms. The van der Waals surface area contributed by atoms with Crippen LogP contribution in [0.5, 0.6) is 0 Å². The van der Waals surface area contributed by atoms with Crippen molar-refractivity contribution in [1.29, 1.82) is 0 Å². The summed E-state index contributed by atoms with van der Waals surface area (Å²) in [5.41, 5.74) is 0.338. The van der Waals surface area contributed by atoms with Gasteiger partial charge in [-0.3, -0.25) is 4.79 Å². The molecule has 1 rings (SSSR count). The molecular weight excluding hydrogens is 159 g/mol. The van der Waals surface area contributed by atoms with Crippen molar-refractivity contribution >= 4 is 13.1 Å². The Morgan fingerprint density at radius 3 is 2.75 bits per heavy atom. The highest BCUT2D eigenvalue weighted by molar-refractivity contribution is 6.50. The van der Waals surface area contributed by atoms with Crippen LogP contribution in [0.1, 0.15) is 6.42 Å². The Morgan fingerprint density at radius 1 is 1.58 bits per heavy atom. The van der Waals surface area contributed by atoms with E-state index < -0.39 is 19.0 Å². The molecule has 64 valence electrons. The molecule has 0 saturated carbocycles. The fraction of sp³-hybridized carbons (Fsp3) is 0.286. The van der Waals surface area contributed by atoms with Gasteiger partial charge >= 0.3 is 13.1 Å². The molecule has 1 unspecified atom stereocenters. The molecule has 0 amide bonds. The van der Waals surface area contributed by atoms with Crippen LogP contribution >= 0.6 is 0 Å². The van der Waals surface area contributed by atoms with E-state index in [-0.39, 0.29) is 6.42 Å². The molecule has 0 bridgehead atoms. The van der Waals surface area contributed by atoms with Gasteiger partial charge in [-0.15, -0.1) is 0 Å². The Bertz CT molecular complexity index is 244. The predicted molar refractivity (Wildman–Crippen MR) is 43.2 cm³/mol. The molecule has 4 nitrogen and oxygen atoms in total. The Morgan fingerprint density at radius 2 is 2.25 bits per heavy atom. The minimum Gasteiger partial charge on any atom is -0.481 e. The van der Waals surface area contributed by atoms with Crippen molar-refractivity contribution in [2.24, 2.45) is 5.92 Å². The smallest absolute Gasteiger partial charge is 0.481 e. The summed E-state index contributed by atoms with van der Waals surface area (Å²) >= 11 is 0. The maximum Gasteiger partial charge on any atom is 0.484 e. The molecule has 0 aliphatic heterocycles. The number of hydrogen-bond donors (Lipinski definition) is 3. The van der Waals surface area contributed by atoms with Gasteiger partial charge in [0, 0.05) is 0 Å². The van der Waals surface area contributed by atoms with Crippen LogP contribution in [0.25, 0.3) is 0 Å².